The summed E-state index contributed by atoms with van der Waals surface area (Å²) in [5.41, 5.74) is 2.23. The summed E-state index contributed by atoms with van der Waals surface area (Å²) >= 11 is 1.14. The van der Waals surface area contributed by atoms with Crippen LogP contribution in [0.3, 0.4) is 0 Å². The molecule has 2 rings (SSSR count). The molecule has 0 aliphatic heterocycles. The monoisotopic (exact) mass is 286 g/mol. The number of nitrogen functional groups attached to an aromatic ring is 1. The minimum atomic E-state index is -3.79. The van der Waals surface area contributed by atoms with Crippen LogP contribution in [0.1, 0.15) is 5.01 Å². The first-order chi connectivity index (χ1) is 8.53. The number of anilines is 2. The third-order valence-corrected chi connectivity index (χ3v) is 4.20. The van der Waals surface area contributed by atoms with Crippen molar-refractivity contribution in [2.45, 2.75) is 11.8 Å². The van der Waals surface area contributed by atoms with Crippen molar-refractivity contribution in [1.82, 2.24) is 15.2 Å². The number of aromatic nitrogens is 3. The van der Waals surface area contributed by atoms with Crippen molar-refractivity contribution in [2.75, 3.05) is 10.1 Å². The van der Waals surface area contributed by atoms with Crippen LogP contribution in [-0.4, -0.2) is 23.6 Å². The van der Waals surface area contributed by atoms with E-state index in [1.54, 1.807) is 6.92 Å². The van der Waals surface area contributed by atoms with E-state index in [4.69, 9.17) is 5.84 Å². The van der Waals surface area contributed by atoms with Crippen molar-refractivity contribution in [3.63, 3.8) is 0 Å². The number of sulfonamides is 1. The van der Waals surface area contributed by atoms with E-state index in [0.717, 1.165) is 11.3 Å². The summed E-state index contributed by atoms with van der Waals surface area (Å²) in [6.07, 6.45) is 1.43. The van der Waals surface area contributed by atoms with Crippen LogP contribution >= 0.6 is 11.3 Å². The zero-order chi connectivity index (χ0) is 13.2. The number of hydrogen-bond donors (Lipinski definition) is 3. The van der Waals surface area contributed by atoms with Crippen molar-refractivity contribution < 1.29 is 8.42 Å². The number of nitrogens with two attached hydrogens (primary N) is 1. The standard InChI is InChI=1S/C8H10N6O2S2/c1-5-12-13-8(17-5)14-18(15,16)6-3-2-4-10-7(6)11-9/h2-4H,9H2,1H3,(H,10,11)(H,13,14). The molecule has 8 nitrogen and oxygen atoms in total. The summed E-state index contributed by atoms with van der Waals surface area (Å²) < 4.78 is 26.5. The van der Waals surface area contributed by atoms with Crippen molar-refractivity contribution in [1.29, 1.82) is 0 Å². The maximum Gasteiger partial charge on any atom is 0.267 e. The Hall–Kier alpha value is -1.78. The van der Waals surface area contributed by atoms with E-state index < -0.39 is 10.0 Å². The minimum absolute atomic E-state index is 0.0552. The van der Waals surface area contributed by atoms with Gasteiger partial charge in [0.15, 0.2) is 5.82 Å². The number of nitrogens with one attached hydrogen (secondary N) is 2. The van der Waals surface area contributed by atoms with E-state index in [-0.39, 0.29) is 15.8 Å². The highest BCUT2D eigenvalue weighted by atomic mass is 32.2. The molecule has 2 aromatic rings. The van der Waals surface area contributed by atoms with Crippen LogP contribution in [-0.2, 0) is 10.0 Å². The highest BCUT2D eigenvalue weighted by molar-refractivity contribution is 7.93. The lowest BCUT2D eigenvalue weighted by atomic mass is 10.5. The highest BCUT2D eigenvalue weighted by Gasteiger charge is 2.20. The Morgan fingerprint density at radius 3 is 2.78 bits per heavy atom. The number of aryl methyl sites for hydroxylation is 1. The first-order valence-corrected chi connectivity index (χ1v) is 7.07. The van der Waals surface area contributed by atoms with Crippen LogP contribution in [0.4, 0.5) is 10.9 Å². The predicted molar refractivity (Wildman–Crippen MR) is 67.5 cm³/mol. The van der Waals surface area contributed by atoms with Gasteiger partial charge in [0, 0.05) is 6.20 Å². The number of rotatable bonds is 4. The fraction of sp³-hybridized carbons (Fsp3) is 0.125. The normalized spacial score (nSPS) is 11.2. The van der Waals surface area contributed by atoms with Gasteiger partial charge in [-0.3, -0.25) is 4.72 Å². The van der Waals surface area contributed by atoms with Crippen molar-refractivity contribution >= 4 is 32.3 Å². The van der Waals surface area contributed by atoms with E-state index in [2.05, 4.69) is 25.3 Å². The summed E-state index contributed by atoms with van der Waals surface area (Å²) in [5.74, 6) is 5.28. The second-order valence-electron chi connectivity index (χ2n) is 3.23. The third-order valence-electron chi connectivity index (χ3n) is 1.94. The number of nitrogens with zero attached hydrogens (tertiary/aromatic N) is 3. The number of pyridine rings is 1. The summed E-state index contributed by atoms with van der Waals surface area (Å²) in [5, 5.41) is 8.27. The molecule has 0 amide bonds. The maximum absolute atomic E-state index is 12.1. The molecule has 2 heterocycles. The molecule has 0 aliphatic carbocycles. The summed E-state index contributed by atoms with van der Waals surface area (Å²) in [6.45, 7) is 1.73. The van der Waals surface area contributed by atoms with E-state index in [1.807, 2.05) is 0 Å². The van der Waals surface area contributed by atoms with Gasteiger partial charge in [-0.1, -0.05) is 11.3 Å². The van der Waals surface area contributed by atoms with Gasteiger partial charge in [0.25, 0.3) is 10.0 Å². The van der Waals surface area contributed by atoms with E-state index in [0.29, 0.717) is 5.01 Å². The number of hydrogen-bond acceptors (Lipinski definition) is 8. The zero-order valence-electron chi connectivity index (χ0n) is 9.28. The molecule has 0 saturated carbocycles. The van der Waals surface area contributed by atoms with Gasteiger partial charge in [0.1, 0.15) is 9.90 Å². The van der Waals surface area contributed by atoms with Gasteiger partial charge in [-0.05, 0) is 19.1 Å². The molecule has 10 heteroatoms. The molecule has 0 unspecified atom stereocenters. The second-order valence-corrected chi connectivity index (χ2v) is 6.06. The molecule has 4 N–H and O–H groups in total. The fourth-order valence-electron chi connectivity index (χ4n) is 1.22. The van der Waals surface area contributed by atoms with Gasteiger partial charge in [-0.2, -0.15) is 0 Å². The Labute approximate surface area is 107 Å². The van der Waals surface area contributed by atoms with Crippen molar-refractivity contribution in [2.24, 2.45) is 5.84 Å². The summed E-state index contributed by atoms with van der Waals surface area (Å²) in [6, 6.07) is 2.89. The average Bonchev–Trinajstić information content (AvgIpc) is 2.74. The van der Waals surface area contributed by atoms with Crippen molar-refractivity contribution in [3.05, 3.63) is 23.3 Å². The smallest absolute Gasteiger partial charge is 0.267 e. The molecule has 0 aromatic carbocycles. The Kier molecular flexibility index (Phi) is 3.41. The number of hydrazine groups is 1. The summed E-state index contributed by atoms with van der Waals surface area (Å²) in [7, 11) is -3.79. The Bertz CT molecular complexity index is 653. The Morgan fingerprint density at radius 1 is 1.39 bits per heavy atom. The van der Waals surface area contributed by atoms with Gasteiger partial charge in [0.2, 0.25) is 5.13 Å². The third kappa shape index (κ3) is 2.55. The first-order valence-electron chi connectivity index (χ1n) is 4.77. The molecule has 2 aromatic heterocycles. The van der Waals surface area contributed by atoms with Gasteiger partial charge in [-0.15, -0.1) is 10.2 Å². The maximum atomic E-state index is 12.1. The van der Waals surface area contributed by atoms with E-state index >= 15 is 0 Å². The second kappa shape index (κ2) is 4.84. The Morgan fingerprint density at radius 2 is 2.17 bits per heavy atom. The quantitative estimate of drug-likeness (QED) is 0.546. The lowest BCUT2D eigenvalue weighted by Crippen LogP contribution is -2.18. The van der Waals surface area contributed by atoms with Crippen molar-refractivity contribution in [3.8, 4) is 0 Å². The molecule has 18 heavy (non-hydrogen) atoms. The lowest BCUT2D eigenvalue weighted by Gasteiger charge is -2.08. The molecule has 0 atom stereocenters. The molecule has 0 aliphatic rings. The topological polar surface area (TPSA) is 123 Å². The molecular formula is C8H10N6O2S2. The van der Waals surface area contributed by atoms with Crippen LogP contribution in [0.2, 0.25) is 0 Å². The molecule has 0 bridgehead atoms. The van der Waals surface area contributed by atoms with Gasteiger partial charge >= 0.3 is 0 Å². The van der Waals surface area contributed by atoms with Crippen LogP contribution in [0, 0.1) is 6.92 Å². The summed E-state index contributed by atoms with van der Waals surface area (Å²) in [4.78, 5) is 3.77. The van der Waals surface area contributed by atoms with Crippen LogP contribution in [0.25, 0.3) is 0 Å². The van der Waals surface area contributed by atoms with Gasteiger partial charge < -0.3 is 5.43 Å². The molecular weight excluding hydrogens is 276 g/mol. The average molecular weight is 286 g/mol. The minimum Gasteiger partial charge on any atom is -0.307 e. The first kappa shape index (κ1) is 12.7. The molecule has 96 valence electrons. The molecule has 0 fully saturated rings. The van der Waals surface area contributed by atoms with E-state index in [1.165, 1.54) is 18.3 Å². The van der Waals surface area contributed by atoms with Crippen LogP contribution in [0.5, 0.6) is 0 Å². The Balaban J connectivity index is 2.36. The molecule has 0 spiro atoms. The van der Waals surface area contributed by atoms with E-state index in [9.17, 15) is 8.42 Å². The zero-order valence-corrected chi connectivity index (χ0v) is 10.9. The SMILES string of the molecule is Cc1nnc(NS(=O)(=O)c2cccnc2NN)s1. The molecule has 0 saturated heterocycles. The molecule has 0 radical (unpaired) electrons. The lowest BCUT2D eigenvalue weighted by molar-refractivity contribution is 0.601. The van der Waals surface area contributed by atoms with Crippen LogP contribution in [0.15, 0.2) is 23.2 Å². The highest BCUT2D eigenvalue weighted by Crippen LogP contribution is 2.22. The van der Waals surface area contributed by atoms with Gasteiger partial charge in [-0.25, -0.2) is 19.2 Å². The van der Waals surface area contributed by atoms with Crippen LogP contribution < -0.4 is 16.0 Å². The van der Waals surface area contributed by atoms with Gasteiger partial charge in [0.05, 0.1) is 0 Å². The largest absolute Gasteiger partial charge is 0.307 e. The fourth-order valence-corrected chi connectivity index (χ4v) is 3.17. The predicted octanol–water partition coefficient (Wildman–Crippen LogP) is 0.328.